The van der Waals surface area contributed by atoms with Crippen LogP contribution in [0.4, 0.5) is 4.79 Å². The molecule has 1 rings (SSSR count). The second-order valence-electron chi connectivity index (χ2n) is 8.70. The first-order valence-electron chi connectivity index (χ1n) is 8.99. The van der Waals surface area contributed by atoms with E-state index in [2.05, 4.69) is 31.1 Å². The lowest BCUT2D eigenvalue weighted by Gasteiger charge is -2.37. The highest BCUT2D eigenvalue weighted by Crippen LogP contribution is 2.29. The molecule has 0 saturated carbocycles. The van der Waals surface area contributed by atoms with Gasteiger partial charge in [-0.15, -0.1) is 11.5 Å². The Labute approximate surface area is 153 Å². The Bertz CT molecular complexity index is 536. The molecule has 1 saturated heterocycles. The summed E-state index contributed by atoms with van der Waals surface area (Å²) in [4.78, 5) is 26.1. The Morgan fingerprint density at radius 1 is 1.24 bits per heavy atom. The van der Waals surface area contributed by atoms with Gasteiger partial charge in [0.2, 0.25) is 0 Å². The molecule has 1 aliphatic rings. The minimum absolute atomic E-state index is 0.196. The Morgan fingerprint density at radius 3 is 2.40 bits per heavy atom. The number of hydrogen-bond acceptors (Lipinski definition) is 4. The van der Waals surface area contributed by atoms with E-state index in [0.717, 1.165) is 19.3 Å². The molecule has 1 fully saturated rings. The van der Waals surface area contributed by atoms with Gasteiger partial charge >= 0.3 is 12.1 Å². The summed E-state index contributed by atoms with van der Waals surface area (Å²) in [5.74, 6) is 2.91. The number of esters is 1. The van der Waals surface area contributed by atoms with Crippen molar-refractivity contribution in [2.45, 2.75) is 65.3 Å². The molecule has 5 nitrogen and oxygen atoms in total. The molecule has 2 atom stereocenters. The molecule has 142 valence electrons. The number of ether oxygens (including phenoxy) is 2. The summed E-state index contributed by atoms with van der Waals surface area (Å²) >= 11 is 0. The first-order valence-corrected chi connectivity index (χ1v) is 12.5. The van der Waals surface area contributed by atoms with Crippen molar-refractivity contribution in [3.05, 3.63) is 0 Å². The maximum Gasteiger partial charge on any atom is 0.410 e. The third kappa shape index (κ3) is 7.96. The molecule has 0 N–H and O–H groups in total. The quantitative estimate of drug-likeness (QED) is 0.434. The third-order valence-corrected chi connectivity index (χ3v) is 4.94. The first-order chi connectivity index (χ1) is 11.4. The highest BCUT2D eigenvalue weighted by atomic mass is 28.3. The van der Waals surface area contributed by atoms with Gasteiger partial charge in [-0.3, -0.25) is 4.79 Å². The van der Waals surface area contributed by atoms with E-state index in [0.29, 0.717) is 13.1 Å². The van der Waals surface area contributed by atoms with E-state index in [4.69, 9.17) is 9.47 Å². The van der Waals surface area contributed by atoms with Gasteiger partial charge in [-0.05, 0) is 39.5 Å². The van der Waals surface area contributed by atoms with Crippen molar-refractivity contribution >= 4 is 20.1 Å². The molecule has 0 radical (unpaired) electrons. The average molecular weight is 368 g/mol. The van der Waals surface area contributed by atoms with Crippen LogP contribution in [0.2, 0.25) is 19.6 Å². The zero-order valence-electron chi connectivity index (χ0n) is 16.8. The van der Waals surface area contributed by atoms with E-state index in [1.807, 2.05) is 20.8 Å². The topological polar surface area (TPSA) is 55.8 Å². The van der Waals surface area contributed by atoms with Crippen LogP contribution in [0.3, 0.4) is 0 Å². The number of hydrogen-bond donors (Lipinski definition) is 0. The standard InChI is InChI=1S/C19H33NO4Si/c1-19(2,3)24-18(22)20-12-11-15(16(14-20)17(21)23-4)10-8-9-13-25(5,6)7/h15-16H,8,10-12,14H2,1-7H3/t15-,16-/m1/s1. The predicted octanol–water partition coefficient (Wildman–Crippen LogP) is 3.69. The lowest BCUT2D eigenvalue weighted by atomic mass is 9.82. The van der Waals surface area contributed by atoms with Crippen LogP contribution in [0.5, 0.6) is 0 Å². The minimum Gasteiger partial charge on any atom is -0.469 e. The van der Waals surface area contributed by atoms with Gasteiger partial charge in [0, 0.05) is 19.5 Å². The van der Waals surface area contributed by atoms with Crippen LogP contribution in [-0.4, -0.2) is 50.8 Å². The average Bonchev–Trinajstić information content (AvgIpc) is 2.48. The maximum absolute atomic E-state index is 12.3. The van der Waals surface area contributed by atoms with Crippen molar-refractivity contribution in [3.63, 3.8) is 0 Å². The highest BCUT2D eigenvalue weighted by molar-refractivity contribution is 6.83. The van der Waals surface area contributed by atoms with Crippen LogP contribution in [0, 0.1) is 23.3 Å². The second kappa shape index (κ2) is 8.75. The highest BCUT2D eigenvalue weighted by Gasteiger charge is 2.37. The predicted molar refractivity (Wildman–Crippen MR) is 102 cm³/mol. The maximum atomic E-state index is 12.3. The van der Waals surface area contributed by atoms with Crippen LogP contribution >= 0.6 is 0 Å². The molecule has 0 aromatic rings. The smallest absolute Gasteiger partial charge is 0.410 e. The van der Waals surface area contributed by atoms with Crippen LogP contribution in [-0.2, 0) is 14.3 Å². The molecule has 0 bridgehead atoms. The molecule has 0 aromatic heterocycles. The van der Waals surface area contributed by atoms with E-state index in [-0.39, 0.29) is 23.9 Å². The number of carbonyl (C=O) groups is 2. The van der Waals surface area contributed by atoms with Crippen LogP contribution in [0.25, 0.3) is 0 Å². The molecule has 6 heteroatoms. The number of amides is 1. The molecular formula is C19H33NO4Si. The van der Waals surface area contributed by atoms with Gasteiger partial charge in [0.15, 0.2) is 0 Å². The molecule has 1 heterocycles. The molecule has 0 aromatic carbocycles. The van der Waals surface area contributed by atoms with Gasteiger partial charge in [0.1, 0.15) is 13.7 Å². The van der Waals surface area contributed by atoms with Crippen molar-refractivity contribution < 1.29 is 19.1 Å². The number of likely N-dealkylation sites (tertiary alicyclic amines) is 1. The van der Waals surface area contributed by atoms with E-state index in [1.165, 1.54) is 7.11 Å². The molecule has 0 unspecified atom stereocenters. The van der Waals surface area contributed by atoms with Crippen LogP contribution in [0.15, 0.2) is 0 Å². The van der Waals surface area contributed by atoms with Gasteiger partial charge in [-0.25, -0.2) is 4.79 Å². The van der Waals surface area contributed by atoms with E-state index >= 15 is 0 Å². The summed E-state index contributed by atoms with van der Waals surface area (Å²) in [7, 11) is 0.0390. The number of rotatable bonds is 3. The SMILES string of the molecule is COC(=O)[C@@H]1CN(C(=O)OC(C)(C)C)CC[C@H]1CCC#C[Si](C)(C)C. The van der Waals surface area contributed by atoms with Crippen LogP contribution in [0.1, 0.15) is 40.0 Å². The van der Waals surface area contributed by atoms with Crippen molar-refractivity contribution in [1.82, 2.24) is 4.90 Å². The Hall–Kier alpha value is -1.48. The van der Waals surface area contributed by atoms with Crippen molar-refractivity contribution in [2.75, 3.05) is 20.2 Å². The van der Waals surface area contributed by atoms with E-state index in [1.54, 1.807) is 4.90 Å². The number of carbonyl (C=O) groups excluding carboxylic acids is 2. The van der Waals surface area contributed by atoms with Gasteiger partial charge in [0.25, 0.3) is 0 Å². The van der Waals surface area contributed by atoms with Crippen molar-refractivity contribution in [2.24, 2.45) is 11.8 Å². The number of methoxy groups -OCH3 is 1. The monoisotopic (exact) mass is 367 g/mol. The summed E-state index contributed by atoms with van der Waals surface area (Å²) in [6.07, 6.45) is 2.06. The van der Waals surface area contributed by atoms with Crippen molar-refractivity contribution in [3.8, 4) is 11.5 Å². The fourth-order valence-corrected chi connectivity index (χ4v) is 3.50. The van der Waals surface area contributed by atoms with E-state index in [9.17, 15) is 9.59 Å². The van der Waals surface area contributed by atoms with Crippen molar-refractivity contribution in [1.29, 1.82) is 0 Å². The number of nitrogens with zero attached hydrogens (tertiary/aromatic N) is 1. The Balaban J connectivity index is 2.71. The fraction of sp³-hybridized carbons (Fsp3) is 0.789. The van der Waals surface area contributed by atoms with Gasteiger partial charge in [0.05, 0.1) is 13.0 Å². The summed E-state index contributed by atoms with van der Waals surface area (Å²) in [5, 5.41) is 0. The lowest BCUT2D eigenvalue weighted by Crippen LogP contribution is -2.48. The summed E-state index contributed by atoms with van der Waals surface area (Å²) in [5.41, 5.74) is 2.82. The van der Waals surface area contributed by atoms with Crippen LogP contribution < -0.4 is 0 Å². The summed E-state index contributed by atoms with van der Waals surface area (Å²) < 4.78 is 10.4. The molecule has 1 amide bonds. The Kier molecular flexibility index (Phi) is 7.55. The second-order valence-corrected chi connectivity index (χ2v) is 13.4. The zero-order chi connectivity index (χ0) is 19.3. The van der Waals surface area contributed by atoms with Gasteiger partial charge in [-0.1, -0.05) is 19.6 Å². The summed E-state index contributed by atoms with van der Waals surface area (Å²) in [6, 6.07) is 0. The lowest BCUT2D eigenvalue weighted by molar-refractivity contribution is -0.149. The molecule has 0 aliphatic carbocycles. The largest absolute Gasteiger partial charge is 0.469 e. The molecular weight excluding hydrogens is 334 g/mol. The number of piperidine rings is 1. The normalized spacial score (nSPS) is 21.2. The molecule has 1 aliphatic heterocycles. The van der Waals surface area contributed by atoms with Gasteiger partial charge in [-0.2, -0.15) is 0 Å². The van der Waals surface area contributed by atoms with Gasteiger partial charge < -0.3 is 14.4 Å². The fourth-order valence-electron chi connectivity index (χ4n) is 2.84. The van der Waals surface area contributed by atoms with E-state index < -0.39 is 13.7 Å². The third-order valence-electron chi connectivity index (χ3n) is 4.02. The first kappa shape index (κ1) is 21.6. The minimum atomic E-state index is -1.36. The molecule has 0 spiro atoms. The Morgan fingerprint density at radius 2 is 1.88 bits per heavy atom. The zero-order valence-corrected chi connectivity index (χ0v) is 17.8. The molecule has 25 heavy (non-hydrogen) atoms. The summed E-state index contributed by atoms with van der Waals surface area (Å²) in [6.45, 7) is 13.1.